The monoisotopic (exact) mass is 805 g/mol. The maximum absolute atomic E-state index is 12.5. The summed E-state index contributed by atoms with van der Waals surface area (Å²) in [4.78, 5) is 17.5. The summed E-state index contributed by atoms with van der Waals surface area (Å²) in [5, 5.41) is 11.7. The van der Waals surface area contributed by atoms with Crippen LogP contribution in [0, 0.1) is 41.6 Å². The molecule has 257 valence electrons. The second-order valence-corrected chi connectivity index (χ2v) is 17.2. The average Bonchev–Trinajstić information content (AvgIpc) is 2.89. The average molecular weight is 805 g/mol. The molecule has 0 bridgehead atoms. The van der Waals surface area contributed by atoms with Crippen LogP contribution in [0.3, 0.4) is 0 Å². The number of benzene rings is 2. The number of aromatic nitrogens is 1. The second kappa shape index (κ2) is 15.7. The first kappa shape index (κ1) is 41.7. The molecule has 1 radical (unpaired) electrons. The molecule has 1 heterocycles. The van der Waals surface area contributed by atoms with Crippen molar-refractivity contribution in [1.29, 1.82) is 0 Å². The number of carbonyl (C=O) groups is 1. The Balaban J connectivity index is 0.000000456. The predicted molar refractivity (Wildman–Crippen MR) is 195 cm³/mol. The van der Waals surface area contributed by atoms with Gasteiger partial charge in [-0.15, -0.1) is 34.9 Å². The first-order valence-electron chi connectivity index (χ1n) is 16.8. The van der Waals surface area contributed by atoms with Crippen molar-refractivity contribution < 1.29 is 30.0 Å². The van der Waals surface area contributed by atoms with Crippen LogP contribution in [0.25, 0.3) is 22.2 Å². The van der Waals surface area contributed by atoms with E-state index in [1.807, 2.05) is 27.7 Å². The van der Waals surface area contributed by atoms with E-state index in [4.69, 9.17) is 4.98 Å². The van der Waals surface area contributed by atoms with Gasteiger partial charge in [0.25, 0.3) is 0 Å². The van der Waals surface area contributed by atoms with E-state index in [0.717, 1.165) is 48.0 Å². The van der Waals surface area contributed by atoms with E-state index in [1.54, 1.807) is 0 Å². The zero-order valence-electron chi connectivity index (χ0n) is 31.6. The van der Waals surface area contributed by atoms with Gasteiger partial charge in [0, 0.05) is 42.4 Å². The zero-order chi connectivity index (χ0) is 34.6. The number of allylic oxidation sites excluding steroid dienone is 2. The van der Waals surface area contributed by atoms with E-state index in [0.29, 0.717) is 0 Å². The van der Waals surface area contributed by atoms with E-state index in [2.05, 4.69) is 125 Å². The van der Waals surface area contributed by atoms with Crippen LogP contribution in [0.15, 0.2) is 54.3 Å². The maximum atomic E-state index is 12.5. The van der Waals surface area contributed by atoms with E-state index in [1.165, 1.54) is 22.6 Å². The third-order valence-electron chi connectivity index (χ3n) is 8.92. The number of para-hydroxylation sites is 1. The van der Waals surface area contributed by atoms with Gasteiger partial charge in [0.1, 0.15) is 5.76 Å². The van der Waals surface area contributed by atoms with Crippen molar-refractivity contribution in [3.05, 3.63) is 77.1 Å². The molecule has 4 heteroatoms. The normalized spacial score (nSPS) is 13.2. The van der Waals surface area contributed by atoms with E-state index in [9.17, 15) is 9.90 Å². The number of nitrogens with zero attached hydrogens (tertiary/aromatic N) is 1. The number of rotatable bonds is 9. The van der Waals surface area contributed by atoms with Crippen LogP contribution in [0.2, 0.25) is 0 Å². The smallest absolute Gasteiger partial charge is 0.164 e. The summed E-state index contributed by atoms with van der Waals surface area (Å²) in [6.07, 6.45) is 5.32. The fourth-order valence-corrected chi connectivity index (χ4v) is 6.82. The van der Waals surface area contributed by atoms with E-state index >= 15 is 0 Å². The summed E-state index contributed by atoms with van der Waals surface area (Å²) in [7, 11) is 0. The van der Waals surface area contributed by atoms with Crippen LogP contribution < -0.4 is 0 Å². The minimum absolute atomic E-state index is 0. The summed E-state index contributed by atoms with van der Waals surface area (Å²) < 4.78 is 0. The van der Waals surface area contributed by atoms with Crippen molar-refractivity contribution in [1.82, 2.24) is 4.98 Å². The van der Waals surface area contributed by atoms with Crippen molar-refractivity contribution in [2.45, 2.75) is 135 Å². The number of pyridine rings is 1. The molecule has 3 nitrogen and oxygen atoms in total. The minimum Gasteiger partial charge on any atom is -0.512 e. The fourth-order valence-electron chi connectivity index (χ4n) is 6.82. The molecular weight excluding hydrogens is 743 g/mol. The van der Waals surface area contributed by atoms with Crippen molar-refractivity contribution in [2.24, 2.45) is 21.7 Å². The van der Waals surface area contributed by atoms with Gasteiger partial charge in [0.2, 0.25) is 0 Å². The van der Waals surface area contributed by atoms with Crippen LogP contribution in [0.4, 0.5) is 0 Å². The maximum Gasteiger partial charge on any atom is 0.164 e. The first-order chi connectivity index (χ1) is 20.4. The quantitative estimate of drug-likeness (QED) is 0.133. The number of carbonyl (C=O) groups excluding carboxylic acids is 1. The van der Waals surface area contributed by atoms with Crippen molar-refractivity contribution >= 4 is 16.7 Å². The van der Waals surface area contributed by atoms with Gasteiger partial charge in [0.05, 0.1) is 5.52 Å². The molecule has 46 heavy (non-hydrogen) atoms. The predicted octanol–water partition coefficient (Wildman–Crippen LogP) is 12.3. The SMILES string of the molecule is CC(C)(C)CC(C)(C)C(=O)/C=C(\O)C(C)(C)CC(C)(C)C.CCC(C)(CC)c1cc(-c2[c-]c(C)cc(C)c2)nc2ccccc12.[Ir]. The van der Waals surface area contributed by atoms with Gasteiger partial charge in [-0.1, -0.05) is 128 Å². The molecule has 0 atom stereocenters. The number of fused-ring (bicyclic) bond motifs is 1. The summed E-state index contributed by atoms with van der Waals surface area (Å²) >= 11 is 0. The Hall–Kier alpha value is -2.29. The van der Waals surface area contributed by atoms with Crippen LogP contribution in [-0.4, -0.2) is 15.9 Å². The molecule has 1 N–H and O–H groups in total. The third kappa shape index (κ3) is 11.7. The number of aryl methyl sites for hydroxylation is 2. The second-order valence-electron chi connectivity index (χ2n) is 17.2. The molecule has 0 amide bonds. The molecule has 0 aliphatic heterocycles. The molecule has 0 aliphatic carbocycles. The molecule has 1 aromatic heterocycles. The Kier molecular flexibility index (Phi) is 14.3. The Morgan fingerprint density at radius 3 is 1.83 bits per heavy atom. The number of hydrogen-bond donors (Lipinski definition) is 1. The fraction of sp³-hybridized carbons (Fsp3) is 0.571. The Morgan fingerprint density at radius 1 is 0.804 bits per heavy atom. The van der Waals surface area contributed by atoms with Crippen LogP contribution in [-0.2, 0) is 30.3 Å². The van der Waals surface area contributed by atoms with Crippen molar-refractivity contribution in [3.8, 4) is 11.3 Å². The van der Waals surface area contributed by atoms with Crippen LogP contribution >= 0.6 is 0 Å². The van der Waals surface area contributed by atoms with Gasteiger partial charge in [0.15, 0.2) is 5.78 Å². The topological polar surface area (TPSA) is 50.2 Å². The van der Waals surface area contributed by atoms with Gasteiger partial charge in [-0.3, -0.25) is 9.78 Å². The standard InChI is InChI=1S/C23H26N.C19H36O2.Ir/c1-6-23(5,7-2)20-15-22(18-13-16(3)12-17(4)14-18)24-21-11-9-8-10-19(20)21;1-16(2,3)12-18(7,8)14(20)11-15(21)19(9,10)13-17(4,5)6;/h8-13,15H,6-7H2,1-5H3;11,20H,12-13H2,1-10H3;/q-1;;/b;14-11-;. The van der Waals surface area contributed by atoms with Crippen LogP contribution in [0.5, 0.6) is 0 Å². The Labute approximate surface area is 295 Å². The van der Waals surface area contributed by atoms with E-state index < -0.39 is 5.41 Å². The molecule has 0 aliphatic rings. The zero-order valence-corrected chi connectivity index (χ0v) is 34.0. The molecule has 3 aromatic rings. The van der Waals surface area contributed by atoms with Crippen LogP contribution in [0.1, 0.15) is 132 Å². The third-order valence-corrected chi connectivity index (χ3v) is 8.92. The van der Waals surface area contributed by atoms with Gasteiger partial charge < -0.3 is 5.11 Å². The molecule has 0 fully saturated rings. The Morgan fingerprint density at radius 2 is 1.33 bits per heavy atom. The molecular formula is C42H62IrNO2-. The summed E-state index contributed by atoms with van der Waals surface area (Å²) in [5.41, 5.74) is 6.54. The molecule has 0 unspecified atom stereocenters. The van der Waals surface area contributed by atoms with Gasteiger partial charge >= 0.3 is 0 Å². The van der Waals surface area contributed by atoms with E-state index in [-0.39, 0.29) is 53.3 Å². The summed E-state index contributed by atoms with van der Waals surface area (Å²) in [5.74, 6) is 0.210. The minimum atomic E-state index is -0.454. The summed E-state index contributed by atoms with van der Waals surface area (Å²) in [6.45, 7) is 31.9. The Bertz CT molecular complexity index is 1470. The van der Waals surface area contributed by atoms with Gasteiger partial charge in [-0.25, -0.2) is 0 Å². The molecule has 2 aromatic carbocycles. The molecule has 3 rings (SSSR count). The van der Waals surface area contributed by atoms with Crippen molar-refractivity contribution in [3.63, 3.8) is 0 Å². The van der Waals surface area contributed by atoms with Gasteiger partial charge in [-0.05, 0) is 59.3 Å². The largest absolute Gasteiger partial charge is 0.512 e. The first-order valence-corrected chi connectivity index (χ1v) is 16.8. The molecule has 0 saturated carbocycles. The molecule has 0 saturated heterocycles. The van der Waals surface area contributed by atoms with Crippen molar-refractivity contribution in [2.75, 3.05) is 0 Å². The molecule has 0 spiro atoms. The number of hydrogen-bond acceptors (Lipinski definition) is 3. The number of aliphatic hydroxyl groups is 1. The summed E-state index contributed by atoms with van der Waals surface area (Å²) in [6, 6.07) is 18.6. The number of aliphatic hydroxyl groups excluding tert-OH is 1. The number of ketones is 1. The van der Waals surface area contributed by atoms with Gasteiger partial charge in [-0.2, -0.15) is 0 Å².